The van der Waals surface area contributed by atoms with Crippen LogP contribution < -0.4 is 5.32 Å². The van der Waals surface area contributed by atoms with Crippen molar-refractivity contribution in [2.24, 2.45) is 0 Å². The molecule has 3 rings (SSSR count). The molecule has 1 saturated heterocycles. The van der Waals surface area contributed by atoms with Gasteiger partial charge in [0.1, 0.15) is 17.6 Å². The molecule has 1 aromatic rings. The average molecular weight is 292 g/mol. The number of aromatic nitrogens is 1. The van der Waals surface area contributed by atoms with E-state index >= 15 is 0 Å². The number of aromatic carboxylic acids is 1. The molecular weight excluding hydrogens is 276 g/mol. The molecule has 2 N–H and O–H groups in total. The number of likely N-dealkylation sites (tertiary alicyclic amines) is 1. The first-order valence-electron chi connectivity index (χ1n) is 6.93. The molecule has 21 heavy (non-hydrogen) atoms. The third-order valence-corrected chi connectivity index (χ3v) is 3.94. The summed E-state index contributed by atoms with van der Waals surface area (Å²) in [5, 5.41) is 23.0. The van der Waals surface area contributed by atoms with E-state index in [0.29, 0.717) is 6.04 Å². The van der Waals surface area contributed by atoms with E-state index < -0.39 is 10.9 Å². The summed E-state index contributed by atoms with van der Waals surface area (Å²) in [6, 6.07) is 1.86. The van der Waals surface area contributed by atoms with Crippen LogP contribution in [0, 0.1) is 10.1 Å². The molecule has 1 unspecified atom stereocenters. The van der Waals surface area contributed by atoms with Crippen molar-refractivity contribution in [1.29, 1.82) is 0 Å². The third-order valence-electron chi connectivity index (χ3n) is 3.94. The summed E-state index contributed by atoms with van der Waals surface area (Å²) in [6.07, 6.45) is 4.49. The van der Waals surface area contributed by atoms with Crippen molar-refractivity contribution in [3.8, 4) is 0 Å². The second-order valence-electron chi connectivity index (χ2n) is 5.51. The summed E-state index contributed by atoms with van der Waals surface area (Å²) in [4.78, 5) is 27.6. The lowest BCUT2D eigenvalue weighted by Crippen LogP contribution is -2.28. The molecule has 0 amide bonds. The molecule has 1 aromatic heterocycles. The minimum atomic E-state index is -1.22. The molecule has 1 atom stereocenters. The Labute approximate surface area is 120 Å². The Morgan fingerprint density at radius 1 is 1.48 bits per heavy atom. The zero-order valence-electron chi connectivity index (χ0n) is 11.4. The van der Waals surface area contributed by atoms with Gasteiger partial charge in [0.25, 0.3) is 5.69 Å². The van der Waals surface area contributed by atoms with Gasteiger partial charge in [-0.1, -0.05) is 0 Å². The molecule has 2 heterocycles. The molecule has 2 fully saturated rings. The number of carboxylic acids is 1. The second-order valence-corrected chi connectivity index (χ2v) is 5.51. The third kappa shape index (κ3) is 2.94. The Morgan fingerprint density at radius 3 is 2.86 bits per heavy atom. The minimum absolute atomic E-state index is 0.137. The lowest BCUT2D eigenvalue weighted by atomic mass is 10.2. The van der Waals surface area contributed by atoms with E-state index in [1.165, 1.54) is 12.8 Å². The Morgan fingerprint density at radius 2 is 2.24 bits per heavy atom. The zero-order valence-corrected chi connectivity index (χ0v) is 11.4. The van der Waals surface area contributed by atoms with Gasteiger partial charge in [0.05, 0.1) is 4.92 Å². The van der Waals surface area contributed by atoms with Crippen molar-refractivity contribution in [2.75, 3.05) is 18.4 Å². The molecule has 0 aromatic carbocycles. The summed E-state index contributed by atoms with van der Waals surface area (Å²) >= 11 is 0. The van der Waals surface area contributed by atoms with Crippen molar-refractivity contribution in [1.82, 2.24) is 9.88 Å². The molecule has 0 spiro atoms. The van der Waals surface area contributed by atoms with Crippen LogP contribution in [-0.4, -0.2) is 51.1 Å². The Balaban J connectivity index is 1.75. The van der Waals surface area contributed by atoms with Gasteiger partial charge in [-0.05, 0) is 19.3 Å². The van der Waals surface area contributed by atoms with Gasteiger partial charge < -0.3 is 10.4 Å². The Bertz CT molecular complexity index is 588. The largest absolute Gasteiger partial charge is 0.478 e. The van der Waals surface area contributed by atoms with Crippen LogP contribution >= 0.6 is 0 Å². The van der Waals surface area contributed by atoms with Crippen molar-refractivity contribution < 1.29 is 14.8 Å². The lowest BCUT2D eigenvalue weighted by Gasteiger charge is -2.17. The maximum atomic E-state index is 11.2. The highest BCUT2D eigenvalue weighted by Crippen LogP contribution is 2.31. The van der Waals surface area contributed by atoms with Crippen molar-refractivity contribution >= 4 is 17.5 Å². The number of carbonyl (C=O) groups is 1. The molecule has 0 bridgehead atoms. The molecule has 1 aliphatic carbocycles. The predicted octanol–water partition coefficient (Wildman–Crippen LogP) is 1.34. The van der Waals surface area contributed by atoms with Gasteiger partial charge in [0.15, 0.2) is 0 Å². The van der Waals surface area contributed by atoms with Gasteiger partial charge >= 0.3 is 5.97 Å². The first-order chi connectivity index (χ1) is 10.0. The molecular formula is C13H16N4O4. The summed E-state index contributed by atoms with van der Waals surface area (Å²) in [5.74, 6) is -1.01. The minimum Gasteiger partial charge on any atom is -0.478 e. The van der Waals surface area contributed by atoms with Gasteiger partial charge in [-0.2, -0.15) is 0 Å². The molecule has 1 aliphatic heterocycles. The fraction of sp³-hybridized carbons (Fsp3) is 0.538. The summed E-state index contributed by atoms with van der Waals surface area (Å²) in [7, 11) is 0. The number of anilines is 1. The molecule has 8 heteroatoms. The van der Waals surface area contributed by atoms with E-state index in [2.05, 4.69) is 15.2 Å². The highest BCUT2D eigenvalue weighted by Gasteiger charge is 2.34. The number of nitrogens with one attached hydrogen (secondary N) is 1. The van der Waals surface area contributed by atoms with E-state index in [4.69, 9.17) is 0 Å². The first kappa shape index (κ1) is 13.7. The van der Waals surface area contributed by atoms with Crippen molar-refractivity contribution in [2.45, 2.75) is 31.3 Å². The number of hydrogen-bond acceptors (Lipinski definition) is 6. The molecule has 2 aliphatic rings. The van der Waals surface area contributed by atoms with Crippen LogP contribution in [0.3, 0.4) is 0 Å². The van der Waals surface area contributed by atoms with E-state index in [-0.39, 0.29) is 23.1 Å². The van der Waals surface area contributed by atoms with Crippen LogP contribution in [-0.2, 0) is 0 Å². The highest BCUT2D eigenvalue weighted by molar-refractivity contribution is 5.93. The van der Waals surface area contributed by atoms with Crippen LogP contribution in [0.5, 0.6) is 0 Å². The molecule has 0 radical (unpaired) electrons. The van der Waals surface area contributed by atoms with Crippen LogP contribution in [0.1, 0.15) is 29.6 Å². The van der Waals surface area contributed by atoms with Gasteiger partial charge in [-0.3, -0.25) is 15.0 Å². The van der Waals surface area contributed by atoms with Crippen molar-refractivity contribution in [3.05, 3.63) is 27.9 Å². The summed E-state index contributed by atoms with van der Waals surface area (Å²) in [5.41, 5.74) is -0.474. The van der Waals surface area contributed by atoms with Gasteiger partial charge in [-0.15, -0.1) is 0 Å². The number of rotatable bonds is 5. The molecule has 8 nitrogen and oxygen atoms in total. The van der Waals surface area contributed by atoms with Crippen LogP contribution in [0.2, 0.25) is 0 Å². The maximum absolute atomic E-state index is 11.2. The molecule has 112 valence electrons. The predicted molar refractivity (Wildman–Crippen MR) is 74.5 cm³/mol. The average Bonchev–Trinajstić information content (AvgIpc) is 3.19. The quantitative estimate of drug-likeness (QED) is 0.622. The smallest absolute Gasteiger partial charge is 0.339 e. The SMILES string of the molecule is O=C(O)c1cc([N+](=O)[O-])cnc1NC1CCN(C2CC2)C1. The number of nitro groups is 1. The number of pyridine rings is 1. The first-order valence-corrected chi connectivity index (χ1v) is 6.93. The maximum Gasteiger partial charge on any atom is 0.339 e. The van der Waals surface area contributed by atoms with E-state index in [1.807, 2.05) is 0 Å². The monoisotopic (exact) mass is 292 g/mol. The summed E-state index contributed by atoms with van der Waals surface area (Å²) in [6.45, 7) is 1.86. The van der Waals surface area contributed by atoms with Gasteiger partial charge in [-0.25, -0.2) is 9.78 Å². The number of carboxylic acid groups (broad SMARTS) is 1. The van der Waals surface area contributed by atoms with Crippen LogP contribution in [0.4, 0.5) is 11.5 Å². The highest BCUT2D eigenvalue weighted by atomic mass is 16.6. The number of nitrogens with zero attached hydrogens (tertiary/aromatic N) is 3. The second kappa shape index (κ2) is 5.28. The van der Waals surface area contributed by atoms with E-state index in [1.54, 1.807) is 0 Å². The van der Waals surface area contributed by atoms with Gasteiger partial charge in [0.2, 0.25) is 0 Å². The fourth-order valence-electron chi connectivity index (χ4n) is 2.70. The number of hydrogen-bond donors (Lipinski definition) is 2. The van der Waals surface area contributed by atoms with E-state index in [0.717, 1.165) is 31.8 Å². The standard InChI is InChI=1S/C13H16N4O4/c18-13(19)11-5-10(17(20)21)6-14-12(11)15-8-3-4-16(7-8)9-1-2-9/h5-6,8-9H,1-4,7H2,(H,14,15)(H,18,19). The van der Waals surface area contributed by atoms with Crippen LogP contribution in [0.15, 0.2) is 12.3 Å². The fourth-order valence-corrected chi connectivity index (χ4v) is 2.70. The molecule has 1 saturated carbocycles. The Kier molecular flexibility index (Phi) is 3.46. The van der Waals surface area contributed by atoms with Gasteiger partial charge in [0, 0.05) is 31.2 Å². The van der Waals surface area contributed by atoms with E-state index in [9.17, 15) is 20.0 Å². The topological polar surface area (TPSA) is 109 Å². The lowest BCUT2D eigenvalue weighted by molar-refractivity contribution is -0.385. The normalized spacial score (nSPS) is 22.2. The zero-order chi connectivity index (χ0) is 15.0. The summed E-state index contributed by atoms with van der Waals surface area (Å²) < 4.78 is 0. The van der Waals surface area contributed by atoms with Crippen LogP contribution in [0.25, 0.3) is 0 Å². The van der Waals surface area contributed by atoms with Crippen molar-refractivity contribution in [3.63, 3.8) is 0 Å². The Hall–Kier alpha value is -2.22.